The average molecular weight is 238 g/mol. The monoisotopic (exact) mass is 238 g/mol. The number of halogens is 3. The van der Waals surface area contributed by atoms with Crippen molar-refractivity contribution < 1.29 is 27.4 Å². The highest BCUT2D eigenvalue weighted by Crippen LogP contribution is 2.21. The van der Waals surface area contributed by atoms with E-state index in [4.69, 9.17) is 4.74 Å². The Balaban J connectivity index is 2.79. The molecule has 0 atom stereocenters. The van der Waals surface area contributed by atoms with Crippen LogP contribution in [0.4, 0.5) is 13.2 Å². The first-order valence-electron chi connectivity index (χ1n) is 4.11. The fourth-order valence-corrected chi connectivity index (χ4v) is 0.809. The Bertz CT molecular complexity index is 335. The van der Waals surface area contributed by atoms with E-state index in [9.17, 15) is 13.2 Å². The second kappa shape index (κ2) is 4.86. The van der Waals surface area contributed by atoms with Gasteiger partial charge in [0.1, 0.15) is 0 Å². The third-order valence-corrected chi connectivity index (χ3v) is 1.43. The molecule has 0 aromatic carbocycles. The molecule has 0 saturated carbocycles. The molecule has 1 heterocycles. The van der Waals surface area contributed by atoms with Crippen molar-refractivity contribution >= 4 is 0 Å². The molecular weight excluding hydrogens is 229 g/mol. The third kappa shape index (κ3) is 3.79. The lowest BCUT2D eigenvalue weighted by Gasteiger charge is -2.09. The maximum absolute atomic E-state index is 11.9. The Morgan fingerprint density at radius 1 is 1.12 bits per heavy atom. The molecule has 0 aliphatic rings. The van der Waals surface area contributed by atoms with Gasteiger partial charge in [-0.15, -0.1) is 0 Å². The predicted octanol–water partition coefficient (Wildman–Crippen LogP) is 1.43. The normalized spacial score (nSPS) is 11.1. The smallest absolute Gasteiger partial charge is 0.422 e. The largest absolute Gasteiger partial charge is 0.481 e. The van der Waals surface area contributed by atoms with E-state index in [0.717, 1.165) is 6.07 Å². The highest BCUT2D eigenvalue weighted by molar-refractivity contribution is 5.22. The quantitative estimate of drug-likeness (QED) is 0.794. The van der Waals surface area contributed by atoms with E-state index < -0.39 is 12.8 Å². The molecule has 0 amide bonds. The molecule has 0 aliphatic heterocycles. The fraction of sp³-hybridized carbons (Fsp3) is 0.500. The molecule has 90 valence electrons. The van der Waals surface area contributed by atoms with Crippen LogP contribution in [0.25, 0.3) is 0 Å². The molecule has 16 heavy (non-hydrogen) atoms. The van der Waals surface area contributed by atoms with Crippen molar-refractivity contribution in [3.63, 3.8) is 0 Å². The summed E-state index contributed by atoms with van der Waals surface area (Å²) in [6.07, 6.45) is -4.43. The van der Waals surface area contributed by atoms with Gasteiger partial charge in [-0.3, -0.25) is 0 Å². The van der Waals surface area contributed by atoms with Gasteiger partial charge in [0.05, 0.1) is 20.3 Å². The molecule has 0 saturated heterocycles. The second-order valence-corrected chi connectivity index (χ2v) is 2.64. The van der Waals surface area contributed by atoms with E-state index in [2.05, 4.69) is 19.4 Å². The van der Waals surface area contributed by atoms with Crippen molar-refractivity contribution in [1.82, 2.24) is 9.97 Å². The van der Waals surface area contributed by atoms with Gasteiger partial charge in [-0.1, -0.05) is 0 Å². The Morgan fingerprint density at radius 2 is 1.75 bits per heavy atom. The fourth-order valence-electron chi connectivity index (χ4n) is 0.809. The number of alkyl halides is 3. The number of hydrogen-bond donors (Lipinski definition) is 0. The minimum Gasteiger partial charge on any atom is -0.481 e. The van der Waals surface area contributed by atoms with Crippen LogP contribution in [-0.4, -0.2) is 37.0 Å². The molecule has 1 aromatic heterocycles. The number of ether oxygens (including phenoxy) is 3. The number of aromatic nitrogens is 2. The summed E-state index contributed by atoms with van der Waals surface area (Å²) in [7, 11) is 2.59. The van der Waals surface area contributed by atoms with Gasteiger partial charge >= 0.3 is 12.2 Å². The molecule has 1 aromatic rings. The van der Waals surface area contributed by atoms with Gasteiger partial charge < -0.3 is 14.2 Å². The summed E-state index contributed by atoms with van der Waals surface area (Å²) < 4.78 is 49.4. The van der Waals surface area contributed by atoms with E-state index in [1.165, 1.54) is 14.2 Å². The minimum atomic E-state index is -4.43. The first-order chi connectivity index (χ1) is 7.44. The molecule has 5 nitrogen and oxygen atoms in total. The molecule has 0 N–H and O–H groups in total. The molecule has 0 radical (unpaired) electrons. The molecule has 0 unspecified atom stereocenters. The molecule has 0 spiro atoms. The minimum absolute atomic E-state index is 0.0593. The summed E-state index contributed by atoms with van der Waals surface area (Å²) in [4.78, 5) is 7.27. The van der Waals surface area contributed by atoms with E-state index in [1.54, 1.807) is 0 Å². The Morgan fingerprint density at radius 3 is 2.25 bits per heavy atom. The standard InChI is InChI=1S/C8H9F3N2O3/c1-14-5-3-6(13-7(12-5)15-2)16-4-8(9,10)11/h3H,4H2,1-2H3. The van der Waals surface area contributed by atoms with Gasteiger partial charge in [0.15, 0.2) is 6.61 Å². The molecule has 0 aliphatic carbocycles. The van der Waals surface area contributed by atoms with Gasteiger partial charge in [-0.05, 0) is 0 Å². The van der Waals surface area contributed by atoms with Crippen LogP contribution in [0.2, 0.25) is 0 Å². The summed E-state index contributed by atoms with van der Waals surface area (Å²) in [5, 5.41) is 0. The topological polar surface area (TPSA) is 53.5 Å². The molecule has 0 bridgehead atoms. The maximum atomic E-state index is 11.9. The first-order valence-corrected chi connectivity index (χ1v) is 4.11. The number of methoxy groups -OCH3 is 2. The highest BCUT2D eigenvalue weighted by atomic mass is 19.4. The summed E-state index contributed by atoms with van der Waals surface area (Å²) in [6.45, 7) is -1.43. The lowest BCUT2D eigenvalue weighted by molar-refractivity contribution is -0.154. The second-order valence-electron chi connectivity index (χ2n) is 2.64. The maximum Gasteiger partial charge on any atom is 0.422 e. The Hall–Kier alpha value is -1.73. The van der Waals surface area contributed by atoms with Crippen LogP contribution in [0.1, 0.15) is 0 Å². The first kappa shape index (κ1) is 12.3. The molecule has 8 heteroatoms. The van der Waals surface area contributed by atoms with Crippen LogP contribution in [0.5, 0.6) is 17.8 Å². The average Bonchev–Trinajstić information content (AvgIpc) is 2.25. The van der Waals surface area contributed by atoms with Gasteiger partial charge in [0.25, 0.3) is 0 Å². The zero-order chi connectivity index (χ0) is 12.2. The van der Waals surface area contributed by atoms with Crippen molar-refractivity contribution in [2.24, 2.45) is 0 Å². The van der Waals surface area contributed by atoms with Crippen molar-refractivity contribution in [3.05, 3.63) is 6.07 Å². The predicted molar refractivity (Wildman–Crippen MR) is 46.7 cm³/mol. The van der Waals surface area contributed by atoms with Crippen LogP contribution < -0.4 is 14.2 Å². The SMILES string of the molecule is COc1cc(OCC(F)(F)F)nc(OC)n1. The van der Waals surface area contributed by atoms with E-state index in [-0.39, 0.29) is 17.8 Å². The van der Waals surface area contributed by atoms with E-state index in [0.29, 0.717) is 0 Å². The molecule has 1 rings (SSSR count). The number of rotatable bonds is 4. The van der Waals surface area contributed by atoms with Crippen LogP contribution in [0.3, 0.4) is 0 Å². The summed E-state index contributed by atoms with van der Waals surface area (Å²) in [5.41, 5.74) is 0. The highest BCUT2D eigenvalue weighted by Gasteiger charge is 2.28. The number of hydrogen-bond acceptors (Lipinski definition) is 5. The third-order valence-electron chi connectivity index (χ3n) is 1.43. The summed E-state index contributed by atoms with van der Waals surface area (Å²) in [5.74, 6) is -0.204. The van der Waals surface area contributed by atoms with Gasteiger partial charge in [-0.2, -0.15) is 23.1 Å². The van der Waals surface area contributed by atoms with Crippen molar-refractivity contribution in [3.8, 4) is 17.8 Å². The zero-order valence-electron chi connectivity index (χ0n) is 8.54. The van der Waals surface area contributed by atoms with Crippen LogP contribution >= 0.6 is 0 Å². The zero-order valence-corrected chi connectivity index (χ0v) is 8.54. The molecular formula is C8H9F3N2O3. The van der Waals surface area contributed by atoms with Crippen LogP contribution in [0, 0.1) is 0 Å². The van der Waals surface area contributed by atoms with Crippen molar-refractivity contribution in [1.29, 1.82) is 0 Å². The van der Waals surface area contributed by atoms with Gasteiger partial charge in [0.2, 0.25) is 11.8 Å². The molecule has 0 fully saturated rings. The summed E-state index contributed by atoms with van der Waals surface area (Å²) in [6, 6.07) is 1.00. The lowest BCUT2D eigenvalue weighted by Crippen LogP contribution is -2.19. The van der Waals surface area contributed by atoms with Crippen LogP contribution in [0.15, 0.2) is 6.07 Å². The van der Waals surface area contributed by atoms with E-state index in [1.807, 2.05) is 0 Å². The lowest BCUT2D eigenvalue weighted by atomic mass is 10.6. The number of nitrogens with zero attached hydrogens (tertiary/aromatic N) is 2. The Labute approximate surface area is 89.2 Å². The Kier molecular flexibility index (Phi) is 3.75. The summed E-state index contributed by atoms with van der Waals surface area (Å²) >= 11 is 0. The van der Waals surface area contributed by atoms with Gasteiger partial charge in [0, 0.05) is 0 Å². The van der Waals surface area contributed by atoms with Gasteiger partial charge in [-0.25, -0.2) is 0 Å². The van der Waals surface area contributed by atoms with Crippen LogP contribution in [-0.2, 0) is 0 Å². The van der Waals surface area contributed by atoms with Crippen molar-refractivity contribution in [2.75, 3.05) is 20.8 Å². The van der Waals surface area contributed by atoms with Crippen molar-refractivity contribution in [2.45, 2.75) is 6.18 Å². The van der Waals surface area contributed by atoms with E-state index >= 15 is 0 Å².